The maximum atomic E-state index is 5.99. The fraction of sp³-hybridized carbons (Fsp3) is 0.750. The van der Waals surface area contributed by atoms with E-state index in [9.17, 15) is 0 Å². The van der Waals surface area contributed by atoms with Crippen LogP contribution in [0.5, 0.6) is 0 Å². The molecule has 6 heteroatoms. The number of ether oxygens (including phenoxy) is 1. The van der Waals surface area contributed by atoms with Gasteiger partial charge in [0.1, 0.15) is 0 Å². The van der Waals surface area contributed by atoms with E-state index in [4.69, 9.17) is 4.74 Å². The number of aliphatic imine (C=N–C) groups is 1. The van der Waals surface area contributed by atoms with Crippen molar-refractivity contribution in [2.24, 2.45) is 4.99 Å². The SMILES string of the molecule is CN=C(NCCCOC1CCCCC1)NC1CCN(c2cccs2)CC1. The summed E-state index contributed by atoms with van der Waals surface area (Å²) in [5, 5.41) is 10.6. The van der Waals surface area contributed by atoms with Gasteiger partial charge in [0.2, 0.25) is 0 Å². The van der Waals surface area contributed by atoms with Crippen molar-refractivity contribution >= 4 is 22.3 Å². The molecule has 26 heavy (non-hydrogen) atoms. The molecular weight excluding hydrogens is 344 g/mol. The van der Waals surface area contributed by atoms with Gasteiger partial charge in [-0.1, -0.05) is 19.3 Å². The van der Waals surface area contributed by atoms with E-state index >= 15 is 0 Å². The van der Waals surface area contributed by atoms with Gasteiger partial charge in [-0.25, -0.2) is 0 Å². The van der Waals surface area contributed by atoms with Gasteiger partial charge < -0.3 is 20.3 Å². The van der Waals surface area contributed by atoms with Gasteiger partial charge >= 0.3 is 0 Å². The maximum Gasteiger partial charge on any atom is 0.191 e. The summed E-state index contributed by atoms with van der Waals surface area (Å²) in [6.07, 6.45) is 10.4. The van der Waals surface area contributed by atoms with Gasteiger partial charge in [0.15, 0.2) is 5.96 Å². The summed E-state index contributed by atoms with van der Waals surface area (Å²) in [5.74, 6) is 0.928. The number of thiophene rings is 1. The zero-order chi connectivity index (χ0) is 18.0. The van der Waals surface area contributed by atoms with E-state index in [0.717, 1.165) is 51.5 Å². The molecule has 0 unspecified atom stereocenters. The van der Waals surface area contributed by atoms with Crippen LogP contribution in [-0.4, -0.2) is 51.4 Å². The van der Waals surface area contributed by atoms with Gasteiger partial charge in [0.25, 0.3) is 0 Å². The molecule has 0 spiro atoms. The zero-order valence-corrected chi connectivity index (χ0v) is 16.9. The standard InChI is InChI=1S/C20H34N4OS/c1-21-20(22-12-6-15-25-18-7-3-2-4-8-18)23-17-10-13-24(14-11-17)19-9-5-16-26-19/h5,9,16-18H,2-4,6-8,10-15H2,1H3,(H2,21,22,23). The molecule has 146 valence electrons. The van der Waals surface area contributed by atoms with Crippen LogP contribution < -0.4 is 15.5 Å². The minimum absolute atomic E-state index is 0.509. The molecule has 0 amide bonds. The fourth-order valence-corrected chi connectivity index (χ4v) is 4.63. The summed E-state index contributed by atoms with van der Waals surface area (Å²) in [5.41, 5.74) is 0. The first kappa shape index (κ1) is 19.5. The topological polar surface area (TPSA) is 48.9 Å². The predicted molar refractivity (Wildman–Crippen MR) is 111 cm³/mol. The predicted octanol–water partition coefficient (Wildman–Crippen LogP) is 3.62. The number of nitrogens with one attached hydrogen (secondary N) is 2. The number of hydrogen-bond acceptors (Lipinski definition) is 4. The second kappa shape index (κ2) is 10.8. The van der Waals surface area contributed by atoms with Gasteiger partial charge in [-0.15, -0.1) is 11.3 Å². The molecular formula is C20H34N4OS. The normalized spacial score (nSPS) is 20.3. The van der Waals surface area contributed by atoms with E-state index < -0.39 is 0 Å². The third-order valence-electron chi connectivity index (χ3n) is 5.40. The molecule has 2 N–H and O–H groups in total. The summed E-state index contributed by atoms with van der Waals surface area (Å²) in [7, 11) is 1.86. The van der Waals surface area contributed by atoms with Crippen molar-refractivity contribution in [1.29, 1.82) is 0 Å². The van der Waals surface area contributed by atoms with Crippen molar-refractivity contribution in [2.75, 3.05) is 38.2 Å². The van der Waals surface area contributed by atoms with Crippen molar-refractivity contribution in [3.05, 3.63) is 17.5 Å². The molecule has 0 aromatic carbocycles. The number of anilines is 1. The van der Waals surface area contributed by atoms with Crippen LogP contribution in [0.15, 0.2) is 22.5 Å². The number of piperidine rings is 1. The Morgan fingerprint density at radius 2 is 2.04 bits per heavy atom. The lowest BCUT2D eigenvalue weighted by atomic mass is 9.98. The largest absolute Gasteiger partial charge is 0.378 e. The van der Waals surface area contributed by atoms with Crippen molar-refractivity contribution < 1.29 is 4.74 Å². The molecule has 0 atom stereocenters. The molecule has 1 saturated heterocycles. The van der Waals surface area contributed by atoms with Crippen LogP contribution in [0.25, 0.3) is 0 Å². The monoisotopic (exact) mass is 378 g/mol. The first-order valence-electron chi connectivity index (χ1n) is 10.2. The van der Waals surface area contributed by atoms with Crippen molar-refractivity contribution in [2.45, 2.75) is 63.5 Å². The van der Waals surface area contributed by atoms with Crippen LogP contribution in [0.2, 0.25) is 0 Å². The smallest absolute Gasteiger partial charge is 0.191 e. The Labute approximate surface area is 162 Å². The number of nitrogens with zero attached hydrogens (tertiary/aromatic N) is 2. The average molecular weight is 379 g/mol. The first-order chi connectivity index (χ1) is 12.8. The Kier molecular flexibility index (Phi) is 8.08. The third-order valence-corrected chi connectivity index (χ3v) is 6.33. The lowest BCUT2D eigenvalue weighted by molar-refractivity contribution is 0.0277. The van der Waals surface area contributed by atoms with E-state index in [1.807, 2.05) is 18.4 Å². The van der Waals surface area contributed by atoms with E-state index in [2.05, 4.69) is 38.0 Å². The number of hydrogen-bond donors (Lipinski definition) is 2. The highest BCUT2D eigenvalue weighted by Crippen LogP contribution is 2.24. The van der Waals surface area contributed by atoms with Crippen LogP contribution in [0.4, 0.5) is 5.00 Å². The third kappa shape index (κ3) is 6.16. The number of guanidine groups is 1. The molecule has 2 fully saturated rings. The van der Waals surface area contributed by atoms with Crippen molar-refractivity contribution in [1.82, 2.24) is 10.6 Å². The molecule has 5 nitrogen and oxygen atoms in total. The molecule has 2 aliphatic rings. The fourth-order valence-electron chi connectivity index (χ4n) is 3.84. The van der Waals surface area contributed by atoms with Gasteiger partial charge in [-0.2, -0.15) is 0 Å². The highest BCUT2D eigenvalue weighted by molar-refractivity contribution is 7.14. The minimum atomic E-state index is 0.509. The number of rotatable bonds is 7. The highest BCUT2D eigenvalue weighted by Gasteiger charge is 2.20. The molecule has 3 rings (SSSR count). The summed E-state index contributed by atoms with van der Waals surface area (Å²) in [6.45, 7) is 4.00. The zero-order valence-electron chi connectivity index (χ0n) is 16.1. The van der Waals surface area contributed by atoms with Crippen LogP contribution in [0.1, 0.15) is 51.4 Å². The summed E-state index contributed by atoms with van der Waals surface area (Å²) < 4.78 is 5.99. The van der Waals surface area contributed by atoms with E-state index in [0.29, 0.717) is 12.1 Å². The molecule has 0 bridgehead atoms. The molecule has 1 saturated carbocycles. The van der Waals surface area contributed by atoms with Crippen LogP contribution >= 0.6 is 11.3 Å². The van der Waals surface area contributed by atoms with Crippen LogP contribution in [-0.2, 0) is 4.74 Å². The Bertz CT molecular complexity index is 520. The minimum Gasteiger partial charge on any atom is -0.378 e. The molecule has 1 aromatic rings. The van der Waals surface area contributed by atoms with Crippen molar-refractivity contribution in [3.63, 3.8) is 0 Å². The van der Waals surface area contributed by atoms with Crippen LogP contribution in [0.3, 0.4) is 0 Å². The average Bonchev–Trinajstić information content (AvgIpc) is 3.23. The Balaban J connectivity index is 1.27. The Morgan fingerprint density at radius 1 is 1.23 bits per heavy atom. The Hall–Kier alpha value is -1.27. The van der Waals surface area contributed by atoms with Gasteiger partial charge in [0.05, 0.1) is 11.1 Å². The van der Waals surface area contributed by atoms with Gasteiger partial charge in [0, 0.05) is 39.3 Å². The second-order valence-corrected chi connectivity index (χ2v) is 8.27. The summed E-state index contributed by atoms with van der Waals surface area (Å²) in [6, 6.07) is 4.86. The molecule has 1 aliphatic heterocycles. The second-order valence-electron chi connectivity index (χ2n) is 7.34. The highest BCUT2D eigenvalue weighted by atomic mass is 32.1. The lowest BCUT2D eigenvalue weighted by Crippen LogP contribution is -2.48. The Morgan fingerprint density at radius 3 is 2.73 bits per heavy atom. The van der Waals surface area contributed by atoms with E-state index in [1.165, 1.54) is 37.1 Å². The van der Waals surface area contributed by atoms with Crippen LogP contribution in [0, 0.1) is 0 Å². The molecule has 1 aliphatic carbocycles. The van der Waals surface area contributed by atoms with Gasteiger partial charge in [-0.05, 0) is 49.6 Å². The lowest BCUT2D eigenvalue weighted by Gasteiger charge is -2.33. The summed E-state index contributed by atoms with van der Waals surface area (Å²) in [4.78, 5) is 6.87. The first-order valence-corrected chi connectivity index (χ1v) is 11.1. The molecule has 2 heterocycles. The molecule has 0 radical (unpaired) electrons. The van der Waals surface area contributed by atoms with E-state index in [-0.39, 0.29) is 0 Å². The maximum absolute atomic E-state index is 5.99. The van der Waals surface area contributed by atoms with Crippen molar-refractivity contribution in [3.8, 4) is 0 Å². The summed E-state index contributed by atoms with van der Waals surface area (Å²) >= 11 is 1.83. The quantitative estimate of drug-likeness (QED) is 0.432. The molecule has 1 aromatic heterocycles. The van der Waals surface area contributed by atoms with Gasteiger partial charge in [-0.3, -0.25) is 4.99 Å². The van der Waals surface area contributed by atoms with E-state index in [1.54, 1.807) is 0 Å².